The number of likely N-dealkylation sites (N-methyl/N-ethyl adjacent to an activating group) is 1. The first-order valence-corrected chi connectivity index (χ1v) is 12.1. The number of hydrogen-bond acceptors (Lipinski definition) is 6. The fraction of sp³-hybridized carbons (Fsp3) is 0.500. The molecule has 180 valence electrons. The van der Waals surface area contributed by atoms with E-state index in [4.69, 9.17) is 4.74 Å². The Hall–Kier alpha value is -2.97. The van der Waals surface area contributed by atoms with Gasteiger partial charge < -0.3 is 19.6 Å². The van der Waals surface area contributed by atoms with Crippen LogP contribution in [0.2, 0.25) is 0 Å². The molecule has 3 aliphatic rings. The van der Waals surface area contributed by atoms with Crippen LogP contribution in [0.4, 0.5) is 5.69 Å². The van der Waals surface area contributed by atoms with Gasteiger partial charge in [0.1, 0.15) is 12.0 Å². The molecule has 2 amide bonds. The van der Waals surface area contributed by atoms with E-state index in [2.05, 4.69) is 4.98 Å². The van der Waals surface area contributed by atoms with Crippen LogP contribution < -0.4 is 9.64 Å². The highest BCUT2D eigenvalue weighted by molar-refractivity contribution is 5.99. The predicted octanol–water partition coefficient (Wildman–Crippen LogP) is 2.50. The number of benzene rings is 1. The van der Waals surface area contributed by atoms with Gasteiger partial charge in [0.05, 0.1) is 12.7 Å². The highest BCUT2D eigenvalue weighted by atomic mass is 16.5. The van der Waals surface area contributed by atoms with Gasteiger partial charge >= 0.3 is 0 Å². The first-order chi connectivity index (χ1) is 16.4. The van der Waals surface area contributed by atoms with Crippen molar-refractivity contribution in [3.05, 3.63) is 53.3 Å². The number of pyridine rings is 1. The SMILES string of the molecule is CN(C)C(=O)CN1Cc2ccc(N3CC[C@@H](Oc4ccc(CCC5CC5)nc4)C3=O)cc2C1O. The number of ether oxygens (including phenoxy) is 1. The number of carbonyl (C=O) groups excluding carboxylic acids is 2. The molecule has 2 fully saturated rings. The maximum atomic E-state index is 13.1. The number of aliphatic hydroxyl groups is 1. The average molecular weight is 465 g/mol. The van der Waals surface area contributed by atoms with Crippen molar-refractivity contribution >= 4 is 17.5 Å². The van der Waals surface area contributed by atoms with E-state index in [9.17, 15) is 14.7 Å². The molecule has 0 bridgehead atoms. The lowest BCUT2D eigenvalue weighted by molar-refractivity contribution is -0.132. The first-order valence-electron chi connectivity index (χ1n) is 12.1. The van der Waals surface area contributed by atoms with Crippen molar-refractivity contribution in [1.82, 2.24) is 14.8 Å². The average Bonchev–Trinajstić information content (AvgIpc) is 3.53. The Morgan fingerprint density at radius 1 is 1.21 bits per heavy atom. The minimum atomic E-state index is -0.867. The maximum Gasteiger partial charge on any atom is 0.268 e. The molecule has 34 heavy (non-hydrogen) atoms. The largest absolute Gasteiger partial charge is 0.479 e. The number of carbonyl (C=O) groups is 2. The predicted molar refractivity (Wildman–Crippen MR) is 127 cm³/mol. The van der Waals surface area contributed by atoms with Crippen molar-refractivity contribution in [2.45, 2.75) is 51.0 Å². The number of rotatable bonds is 8. The topological polar surface area (TPSA) is 86.2 Å². The van der Waals surface area contributed by atoms with Crippen LogP contribution in [0.15, 0.2) is 36.5 Å². The lowest BCUT2D eigenvalue weighted by Crippen LogP contribution is -2.35. The molecule has 1 saturated carbocycles. The van der Waals surface area contributed by atoms with Crippen molar-refractivity contribution in [2.75, 3.05) is 32.1 Å². The summed E-state index contributed by atoms with van der Waals surface area (Å²) >= 11 is 0. The van der Waals surface area contributed by atoms with Gasteiger partial charge in [0.2, 0.25) is 5.91 Å². The second kappa shape index (κ2) is 9.35. The Morgan fingerprint density at radius 2 is 2.03 bits per heavy atom. The number of aliphatic hydroxyl groups excluding tert-OH is 1. The molecule has 2 aromatic rings. The molecule has 0 radical (unpaired) electrons. The number of fused-ring (bicyclic) bond motifs is 1. The number of aromatic nitrogens is 1. The zero-order chi connectivity index (χ0) is 23.8. The van der Waals surface area contributed by atoms with Gasteiger partial charge in [0.15, 0.2) is 6.10 Å². The summed E-state index contributed by atoms with van der Waals surface area (Å²) in [7, 11) is 3.40. The van der Waals surface area contributed by atoms with Crippen LogP contribution in [0.3, 0.4) is 0 Å². The minimum Gasteiger partial charge on any atom is -0.479 e. The summed E-state index contributed by atoms with van der Waals surface area (Å²) in [5.41, 5.74) is 3.52. The Balaban J connectivity index is 1.21. The summed E-state index contributed by atoms with van der Waals surface area (Å²) in [4.78, 5) is 34.6. The fourth-order valence-corrected chi connectivity index (χ4v) is 4.66. The summed E-state index contributed by atoms with van der Waals surface area (Å²) in [6.45, 7) is 1.19. The quantitative estimate of drug-likeness (QED) is 0.646. The lowest BCUT2D eigenvalue weighted by Gasteiger charge is -2.22. The molecule has 1 aromatic heterocycles. The summed E-state index contributed by atoms with van der Waals surface area (Å²) < 4.78 is 5.98. The second-order valence-electron chi connectivity index (χ2n) is 9.80. The van der Waals surface area contributed by atoms with Gasteiger partial charge in [-0.05, 0) is 48.6 Å². The van der Waals surface area contributed by atoms with E-state index in [1.165, 1.54) is 24.2 Å². The van der Waals surface area contributed by atoms with Crippen molar-refractivity contribution in [3.8, 4) is 5.75 Å². The van der Waals surface area contributed by atoms with Crippen LogP contribution in [0.1, 0.15) is 48.7 Å². The minimum absolute atomic E-state index is 0.0628. The number of hydrogen-bond donors (Lipinski definition) is 1. The van der Waals surface area contributed by atoms with E-state index in [0.29, 0.717) is 25.3 Å². The van der Waals surface area contributed by atoms with Gasteiger partial charge in [-0.1, -0.05) is 18.9 Å². The fourth-order valence-electron chi connectivity index (χ4n) is 4.66. The third kappa shape index (κ3) is 4.79. The van der Waals surface area contributed by atoms with Crippen molar-refractivity contribution in [1.29, 1.82) is 0 Å². The van der Waals surface area contributed by atoms with E-state index >= 15 is 0 Å². The highest BCUT2D eigenvalue weighted by Crippen LogP contribution is 2.36. The Kier molecular flexibility index (Phi) is 6.27. The number of anilines is 1. The van der Waals surface area contributed by atoms with Crippen molar-refractivity contribution < 1.29 is 19.4 Å². The molecule has 5 rings (SSSR count). The number of amides is 2. The van der Waals surface area contributed by atoms with E-state index < -0.39 is 12.3 Å². The van der Waals surface area contributed by atoms with Crippen LogP contribution in [0.25, 0.3) is 0 Å². The Labute approximate surface area is 200 Å². The normalized spacial score (nSPS) is 22.2. The van der Waals surface area contributed by atoms with E-state index in [0.717, 1.165) is 34.8 Å². The molecule has 2 atom stereocenters. The molecule has 2 aliphatic heterocycles. The van der Waals surface area contributed by atoms with Gasteiger partial charge in [-0.2, -0.15) is 0 Å². The number of aryl methyl sites for hydroxylation is 1. The van der Waals surface area contributed by atoms with Gasteiger partial charge in [-0.25, -0.2) is 0 Å². The molecule has 1 saturated heterocycles. The summed E-state index contributed by atoms with van der Waals surface area (Å²) in [6, 6.07) is 9.58. The molecule has 1 unspecified atom stereocenters. The van der Waals surface area contributed by atoms with E-state index in [-0.39, 0.29) is 18.4 Å². The zero-order valence-electron chi connectivity index (χ0n) is 19.8. The van der Waals surface area contributed by atoms with Gasteiger partial charge in [-0.15, -0.1) is 0 Å². The summed E-state index contributed by atoms with van der Waals surface area (Å²) in [6.07, 6.45) is 5.77. The van der Waals surface area contributed by atoms with Gasteiger partial charge in [0.25, 0.3) is 5.91 Å². The van der Waals surface area contributed by atoms with E-state index in [1.54, 1.807) is 30.1 Å². The van der Waals surface area contributed by atoms with Crippen molar-refractivity contribution in [2.24, 2.45) is 5.92 Å². The van der Waals surface area contributed by atoms with Crippen LogP contribution in [0, 0.1) is 5.92 Å². The lowest BCUT2D eigenvalue weighted by atomic mass is 10.1. The zero-order valence-corrected chi connectivity index (χ0v) is 19.8. The highest BCUT2D eigenvalue weighted by Gasteiger charge is 2.36. The molecule has 3 heterocycles. The standard InChI is InChI=1S/C26H32N4O4/c1-28(2)24(31)16-29-15-18-6-9-20(13-22(18)25(29)32)30-12-11-23(26(30)33)34-21-10-8-19(27-14-21)7-5-17-3-4-17/h6,8-10,13-14,17,23,25,32H,3-5,7,11-12,15-16H2,1-2H3/t23-,25?/m1/s1. The van der Waals surface area contributed by atoms with Gasteiger partial charge in [-0.3, -0.25) is 19.5 Å². The Morgan fingerprint density at radius 3 is 2.74 bits per heavy atom. The monoisotopic (exact) mass is 464 g/mol. The van der Waals surface area contributed by atoms with Crippen LogP contribution in [0.5, 0.6) is 5.75 Å². The molecule has 8 heteroatoms. The molecular weight excluding hydrogens is 432 g/mol. The second-order valence-corrected chi connectivity index (χ2v) is 9.80. The van der Waals surface area contributed by atoms with Crippen LogP contribution in [-0.4, -0.2) is 65.0 Å². The van der Waals surface area contributed by atoms with Gasteiger partial charge in [0, 0.05) is 50.6 Å². The summed E-state index contributed by atoms with van der Waals surface area (Å²) in [5, 5.41) is 10.8. The maximum absolute atomic E-state index is 13.1. The Bertz CT molecular complexity index is 1070. The third-order valence-electron chi connectivity index (χ3n) is 7.01. The van der Waals surface area contributed by atoms with Crippen LogP contribution >= 0.6 is 0 Å². The van der Waals surface area contributed by atoms with E-state index in [1.807, 2.05) is 30.3 Å². The smallest absolute Gasteiger partial charge is 0.268 e. The van der Waals surface area contributed by atoms with Crippen molar-refractivity contribution in [3.63, 3.8) is 0 Å². The van der Waals surface area contributed by atoms with Crippen LogP contribution in [-0.2, 0) is 22.6 Å². The third-order valence-corrected chi connectivity index (χ3v) is 7.01. The molecule has 8 nitrogen and oxygen atoms in total. The molecule has 1 N–H and O–H groups in total. The molecule has 1 aliphatic carbocycles. The molecular formula is C26H32N4O4. The number of nitrogens with zero attached hydrogens (tertiary/aromatic N) is 4. The summed E-state index contributed by atoms with van der Waals surface area (Å²) in [5.74, 6) is 1.34. The molecule has 1 aromatic carbocycles. The first kappa shape index (κ1) is 22.8. The molecule has 0 spiro atoms.